The van der Waals surface area contributed by atoms with E-state index < -0.39 is 6.09 Å². The van der Waals surface area contributed by atoms with Crippen molar-refractivity contribution in [3.63, 3.8) is 0 Å². The van der Waals surface area contributed by atoms with E-state index in [0.29, 0.717) is 30.2 Å². The fourth-order valence-corrected chi connectivity index (χ4v) is 3.87. The minimum Gasteiger partial charge on any atom is -0.447 e. The first-order chi connectivity index (χ1) is 14.8. The van der Waals surface area contributed by atoms with Gasteiger partial charge in [0.25, 0.3) is 0 Å². The Labute approximate surface area is 180 Å². The van der Waals surface area contributed by atoms with Crippen LogP contribution in [0.4, 0.5) is 15.0 Å². The largest absolute Gasteiger partial charge is 0.447 e. The van der Waals surface area contributed by atoms with Gasteiger partial charge in [0, 0.05) is 31.4 Å². The van der Waals surface area contributed by atoms with Crippen molar-refractivity contribution in [1.82, 2.24) is 19.7 Å². The highest BCUT2D eigenvalue weighted by Gasteiger charge is 2.37. The lowest BCUT2D eigenvalue weighted by atomic mass is 9.95. The van der Waals surface area contributed by atoms with Gasteiger partial charge in [-0.3, -0.25) is 9.58 Å². The lowest BCUT2D eigenvalue weighted by molar-refractivity contribution is 0.177. The van der Waals surface area contributed by atoms with Gasteiger partial charge in [-0.15, -0.1) is 0 Å². The van der Waals surface area contributed by atoms with Gasteiger partial charge in [0.1, 0.15) is 24.1 Å². The van der Waals surface area contributed by atoms with Crippen molar-refractivity contribution in [2.75, 3.05) is 11.5 Å². The molecule has 1 saturated heterocycles. The van der Waals surface area contributed by atoms with E-state index in [2.05, 4.69) is 15.1 Å². The van der Waals surface area contributed by atoms with Crippen molar-refractivity contribution in [2.45, 2.75) is 39.2 Å². The van der Waals surface area contributed by atoms with Crippen LogP contribution in [0.5, 0.6) is 0 Å². The molecule has 0 spiro atoms. The molecule has 0 unspecified atom stereocenters. The number of carbonyl (C=O) groups excluding carboxylic acids is 1. The second-order valence-corrected chi connectivity index (χ2v) is 8.33. The van der Waals surface area contributed by atoms with Crippen LogP contribution in [0.2, 0.25) is 0 Å². The monoisotopic (exact) mass is 423 g/mol. The normalized spacial score (nSPS) is 17.3. The molecule has 0 radical (unpaired) electrons. The minimum absolute atomic E-state index is 0.0647. The standard InChI is InChI=1S/C23H26FN5O2/c1-14(2)20-13-31-23(30)29(20)22-7-8-25-21(27-22)9-15(3)18-6-5-16(10-19(18)24)17-11-26-28(4)12-17/h5-8,10-12,14-15,20H,9,13H2,1-4H3/t15-,20-/m1/s1. The Morgan fingerprint density at radius 3 is 2.71 bits per heavy atom. The molecule has 0 N–H and O–H groups in total. The number of cyclic esters (lactones) is 1. The number of amides is 1. The van der Waals surface area contributed by atoms with E-state index in [1.807, 2.05) is 40.1 Å². The highest BCUT2D eigenvalue weighted by atomic mass is 19.1. The SMILES string of the molecule is CC(C)[C@H]1COC(=O)N1c1ccnc(C[C@@H](C)c2ccc(-c3cnn(C)c3)cc2F)n1. The lowest BCUT2D eigenvalue weighted by Gasteiger charge is -2.23. The fraction of sp³-hybridized carbons (Fsp3) is 0.391. The Balaban J connectivity index is 1.53. The van der Waals surface area contributed by atoms with Gasteiger partial charge < -0.3 is 4.74 Å². The van der Waals surface area contributed by atoms with Crippen LogP contribution in [-0.4, -0.2) is 38.5 Å². The number of aryl methyl sites for hydroxylation is 1. The molecule has 0 bridgehead atoms. The zero-order valence-corrected chi connectivity index (χ0v) is 18.1. The number of nitrogens with zero attached hydrogens (tertiary/aromatic N) is 5. The van der Waals surface area contributed by atoms with E-state index in [9.17, 15) is 9.18 Å². The zero-order chi connectivity index (χ0) is 22.1. The third-order valence-corrected chi connectivity index (χ3v) is 5.67. The average Bonchev–Trinajstić information content (AvgIpc) is 3.33. The van der Waals surface area contributed by atoms with Crippen LogP contribution in [0.25, 0.3) is 11.1 Å². The predicted octanol–water partition coefficient (Wildman–Crippen LogP) is 4.34. The van der Waals surface area contributed by atoms with Gasteiger partial charge in [-0.2, -0.15) is 5.10 Å². The molecular weight excluding hydrogens is 397 g/mol. The summed E-state index contributed by atoms with van der Waals surface area (Å²) < 4.78 is 21.8. The molecule has 7 nitrogen and oxygen atoms in total. The first-order valence-electron chi connectivity index (χ1n) is 10.4. The Hall–Kier alpha value is -3.29. The predicted molar refractivity (Wildman–Crippen MR) is 115 cm³/mol. The van der Waals surface area contributed by atoms with E-state index >= 15 is 0 Å². The third kappa shape index (κ3) is 4.28. The second kappa shape index (κ2) is 8.45. The highest BCUT2D eigenvalue weighted by Crippen LogP contribution is 2.29. The number of ether oxygens (including phenoxy) is 1. The lowest BCUT2D eigenvalue weighted by Crippen LogP contribution is -2.37. The van der Waals surface area contributed by atoms with E-state index in [4.69, 9.17) is 4.74 Å². The van der Waals surface area contributed by atoms with Gasteiger partial charge in [-0.1, -0.05) is 32.9 Å². The van der Waals surface area contributed by atoms with E-state index in [-0.39, 0.29) is 23.7 Å². The minimum atomic E-state index is -0.395. The second-order valence-electron chi connectivity index (χ2n) is 8.33. The van der Waals surface area contributed by atoms with Crippen LogP contribution in [0.15, 0.2) is 42.9 Å². The molecule has 1 fully saturated rings. The number of rotatable bonds is 6. The van der Waals surface area contributed by atoms with Crippen molar-refractivity contribution >= 4 is 11.9 Å². The molecule has 1 amide bonds. The van der Waals surface area contributed by atoms with Crippen molar-refractivity contribution in [3.05, 3.63) is 60.1 Å². The molecular formula is C23H26FN5O2. The van der Waals surface area contributed by atoms with Gasteiger partial charge in [-0.05, 0) is 35.1 Å². The molecule has 8 heteroatoms. The third-order valence-electron chi connectivity index (χ3n) is 5.67. The summed E-state index contributed by atoms with van der Waals surface area (Å²) in [6.07, 6.45) is 5.26. The quantitative estimate of drug-likeness (QED) is 0.590. The fourth-order valence-electron chi connectivity index (χ4n) is 3.87. The van der Waals surface area contributed by atoms with Gasteiger partial charge >= 0.3 is 6.09 Å². The van der Waals surface area contributed by atoms with Crippen LogP contribution >= 0.6 is 0 Å². The summed E-state index contributed by atoms with van der Waals surface area (Å²) in [7, 11) is 1.83. The molecule has 1 aliphatic heterocycles. The summed E-state index contributed by atoms with van der Waals surface area (Å²) in [6.45, 7) is 6.38. The molecule has 1 aliphatic rings. The van der Waals surface area contributed by atoms with Crippen LogP contribution in [0, 0.1) is 11.7 Å². The molecule has 2 aromatic heterocycles. The molecule has 0 aliphatic carbocycles. The zero-order valence-electron chi connectivity index (χ0n) is 18.1. The maximum absolute atomic E-state index is 14.9. The molecule has 162 valence electrons. The molecule has 31 heavy (non-hydrogen) atoms. The average molecular weight is 423 g/mol. The van der Waals surface area contributed by atoms with Crippen molar-refractivity contribution in [3.8, 4) is 11.1 Å². The number of hydrogen-bond acceptors (Lipinski definition) is 5. The first-order valence-corrected chi connectivity index (χ1v) is 10.4. The van der Waals surface area contributed by atoms with Crippen LogP contribution in [0.3, 0.4) is 0 Å². The van der Waals surface area contributed by atoms with Crippen LogP contribution in [-0.2, 0) is 18.2 Å². The maximum atomic E-state index is 14.9. The molecule has 1 aromatic carbocycles. The maximum Gasteiger partial charge on any atom is 0.415 e. The van der Waals surface area contributed by atoms with Crippen molar-refractivity contribution < 1.29 is 13.9 Å². The van der Waals surface area contributed by atoms with Crippen LogP contribution < -0.4 is 4.90 Å². The molecule has 4 rings (SSSR count). The Morgan fingerprint density at radius 1 is 1.23 bits per heavy atom. The molecule has 2 atom stereocenters. The number of anilines is 1. The number of hydrogen-bond donors (Lipinski definition) is 0. The summed E-state index contributed by atoms with van der Waals surface area (Å²) in [5, 5.41) is 4.14. The van der Waals surface area contributed by atoms with Gasteiger partial charge in [0.05, 0.1) is 12.2 Å². The van der Waals surface area contributed by atoms with E-state index in [1.165, 1.54) is 6.07 Å². The van der Waals surface area contributed by atoms with E-state index in [1.54, 1.807) is 34.1 Å². The van der Waals surface area contributed by atoms with Gasteiger partial charge in [-0.25, -0.2) is 19.2 Å². The molecule has 3 heterocycles. The summed E-state index contributed by atoms with van der Waals surface area (Å²) in [4.78, 5) is 22.7. The summed E-state index contributed by atoms with van der Waals surface area (Å²) in [5.41, 5.74) is 2.25. The topological polar surface area (TPSA) is 73.1 Å². The van der Waals surface area contributed by atoms with Gasteiger partial charge in [0.2, 0.25) is 0 Å². The van der Waals surface area contributed by atoms with Crippen molar-refractivity contribution in [1.29, 1.82) is 0 Å². The first kappa shape index (κ1) is 21.0. The highest BCUT2D eigenvalue weighted by molar-refractivity contribution is 5.89. The Bertz CT molecular complexity index is 1100. The van der Waals surface area contributed by atoms with E-state index in [0.717, 1.165) is 11.1 Å². The summed E-state index contributed by atoms with van der Waals surface area (Å²) in [6, 6.07) is 6.88. The molecule has 3 aromatic rings. The summed E-state index contributed by atoms with van der Waals surface area (Å²) >= 11 is 0. The Morgan fingerprint density at radius 2 is 2.03 bits per heavy atom. The number of benzene rings is 1. The number of halogens is 1. The van der Waals surface area contributed by atoms with Crippen molar-refractivity contribution in [2.24, 2.45) is 13.0 Å². The number of carbonyl (C=O) groups is 1. The smallest absolute Gasteiger partial charge is 0.415 e. The van der Waals surface area contributed by atoms with Crippen LogP contribution in [0.1, 0.15) is 38.1 Å². The molecule has 0 saturated carbocycles. The summed E-state index contributed by atoms with van der Waals surface area (Å²) in [5.74, 6) is 0.905. The Kier molecular flexibility index (Phi) is 5.71. The number of aromatic nitrogens is 4. The van der Waals surface area contributed by atoms with Gasteiger partial charge in [0.15, 0.2) is 0 Å².